The Morgan fingerprint density at radius 2 is 2.10 bits per heavy atom. The molecule has 0 unspecified atom stereocenters. The summed E-state index contributed by atoms with van der Waals surface area (Å²) in [7, 11) is 0. The Morgan fingerprint density at radius 1 is 1.34 bits per heavy atom. The summed E-state index contributed by atoms with van der Waals surface area (Å²) in [6.45, 7) is 3.66. The van der Waals surface area contributed by atoms with E-state index in [1.807, 2.05) is 24.4 Å². The summed E-state index contributed by atoms with van der Waals surface area (Å²) < 4.78 is 2.10. The highest BCUT2D eigenvalue weighted by Crippen LogP contribution is 2.41. The number of carbonyl (C=O) groups excluding carboxylic acids is 1. The van der Waals surface area contributed by atoms with Gasteiger partial charge in [-0.15, -0.1) is 21.5 Å². The predicted molar refractivity (Wildman–Crippen MR) is 114 cm³/mol. The van der Waals surface area contributed by atoms with Crippen LogP contribution in [0.15, 0.2) is 34.8 Å². The molecule has 1 aliphatic carbocycles. The van der Waals surface area contributed by atoms with E-state index < -0.39 is 4.92 Å². The van der Waals surface area contributed by atoms with E-state index in [1.165, 1.54) is 17.8 Å². The fourth-order valence-corrected chi connectivity index (χ4v) is 4.49. The van der Waals surface area contributed by atoms with Crippen molar-refractivity contribution in [1.82, 2.24) is 14.8 Å². The number of nitrogens with zero attached hydrogens (tertiary/aromatic N) is 4. The maximum Gasteiger partial charge on any atom is 0.293 e. The molecule has 4 rings (SSSR count). The lowest BCUT2D eigenvalue weighted by atomic mass is 10.1. The van der Waals surface area contributed by atoms with E-state index in [0.717, 1.165) is 34.7 Å². The average molecular weight is 430 g/mol. The molecule has 0 bridgehead atoms. The predicted octanol–water partition coefficient (Wildman–Crippen LogP) is 4.60. The molecule has 1 fully saturated rings. The van der Waals surface area contributed by atoms with Crippen molar-refractivity contribution in [1.29, 1.82) is 0 Å². The van der Waals surface area contributed by atoms with Crippen LogP contribution in [0.1, 0.15) is 30.0 Å². The number of thioether (sulfide) groups is 1. The Morgan fingerprint density at radius 3 is 2.76 bits per heavy atom. The van der Waals surface area contributed by atoms with Crippen LogP contribution in [0.25, 0.3) is 10.7 Å². The zero-order chi connectivity index (χ0) is 20.5. The number of nitro groups is 1. The number of anilines is 1. The third kappa shape index (κ3) is 4.18. The van der Waals surface area contributed by atoms with Crippen molar-refractivity contribution in [3.63, 3.8) is 0 Å². The molecule has 1 N–H and O–H groups in total. The van der Waals surface area contributed by atoms with Gasteiger partial charge in [0.15, 0.2) is 11.0 Å². The summed E-state index contributed by atoms with van der Waals surface area (Å²) >= 11 is 2.90. The molecule has 3 aromatic rings. The van der Waals surface area contributed by atoms with Gasteiger partial charge in [0.05, 0.1) is 15.6 Å². The monoisotopic (exact) mass is 429 g/mol. The normalized spacial score (nSPS) is 13.4. The Bertz CT molecular complexity index is 1070. The van der Waals surface area contributed by atoms with Crippen LogP contribution in [-0.2, 0) is 4.79 Å². The number of benzene rings is 1. The second-order valence-electron chi connectivity index (χ2n) is 6.93. The molecule has 0 spiro atoms. The quantitative estimate of drug-likeness (QED) is 0.334. The maximum absolute atomic E-state index is 12.5. The van der Waals surface area contributed by atoms with E-state index in [2.05, 4.69) is 20.1 Å². The van der Waals surface area contributed by atoms with Crippen molar-refractivity contribution < 1.29 is 9.72 Å². The Balaban J connectivity index is 1.49. The molecule has 1 aliphatic rings. The minimum atomic E-state index is -0.480. The maximum atomic E-state index is 12.5. The largest absolute Gasteiger partial charge is 0.320 e. The van der Waals surface area contributed by atoms with E-state index in [4.69, 9.17) is 0 Å². The smallest absolute Gasteiger partial charge is 0.293 e. The third-order valence-electron chi connectivity index (χ3n) is 4.73. The fraction of sp³-hybridized carbons (Fsp3) is 0.316. The number of hydrogen-bond donors (Lipinski definition) is 1. The van der Waals surface area contributed by atoms with Crippen molar-refractivity contribution in [3.05, 3.63) is 50.9 Å². The molecule has 29 heavy (non-hydrogen) atoms. The number of rotatable bonds is 7. The van der Waals surface area contributed by atoms with Crippen LogP contribution in [0.3, 0.4) is 0 Å². The Labute approximate surface area is 175 Å². The first-order chi connectivity index (χ1) is 13.9. The molecule has 0 saturated heterocycles. The summed E-state index contributed by atoms with van der Waals surface area (Å²) in [6.07, 6.45) is 2.15. The van der Waals surface area contributed by atoms with Crippen LogP contribution >= 0.6 is 23.1 Å². The van der Waals surface area contributed by atoms with Gasteiger partial charge in [0.25, 0.3) is 5.69 Å². The van der Waals surface area contributed by atoms with Gasteiger partial charge in [-0.1, -0.05) is 17.8 Å². The molecule has 0 atom stereocenters. The van der Waals surface area contributed by atoms with Gasteiger partial charge in [0, 0.05) is 12.1 Å². The molecule has 0 aliphatic heterocycles. The van der Waals surface area contributed by atoms with Gasteiger partial charge < -0.3 is 5.32 Å². The molecule has 1 aromatic carbocycles. The second-order valence-corrected chi connectivity index (χ2v) is 8.82. The van der Waals surface area contributed by atoms with Crippen molar-refractivity contribution in [2.24, 2.45) is 0 Å². The third-order valence-corrected chi connectivity index (χ3v) is 6.54. The van der Waals surface area contributed by atoms with Crippen LogP contribution in [0.5, 0.6) is 0 Å². The van der Waals surface area contributed by atoms with Crippen LogP contribution in [0.2, 0.25) is 0 Å². The van der Waals surface area contributed by atoms with Gasteiger partial charge in [0.2, 0.25) is 5.91 Å². The minimum absolute atomic E-state index is 0.0966. The molecule has 0 radical (unpaired) electrons. The molecule has 1 amide bonds. The highest BCUT2D eigenvalue weighted by Gasteiger charge is 2.30. The van der Waals surface area contributed by atoms with Gasteiger partial charge in [-0.2, -0.15) is 0 Å². The second kappa shape index (κ2) is 7.96. The zero-order valence-electron chi connectivity index (χ0n) is 15.9. The summed E-state index contributed by atoms with van der Waals surface area (Å²) in [6, 6.07) is 7.47. The summed E-state index contributed by atoms with van der Waals surface area (Å²) in [5, 5.41) is 25.3. The van der Waals surface area contributed by atoms with Crippen molar-refractivity contribution in [3.8, 4) is 10.7 Å². The molecule has 8 nitrogen and oxygen atoms in total. The van der Waals surface area contributed by atoms with Gasteiger partial charge in [-0.05, 0) is 55.3 Å². The van der Waals surface area contributed by atoms with Crippen molar-refractivity contribution in [2.75, 3.05) is 11.1 Å². The summed E-state index contributed by atoms with van der Waals surface area (Å²) in [5.41, 5.74) is 1.80. The zero-order valence-corrected chi connectivity index (χ0v) is 17.5. The van der Waals surface area contributed by atoms with E-state index in [1.54, 1.807) is 24.3 Å². The number of thiophene rings is 1. The first-order valence-corrected chi connectivity index (χ1v) is 11.0. The van der Waals surface area contributed by atoms with Crippen LogP contribution in [0.4, 0.5) is 11.4 Å². The molecule has 2 aromatic heterocycles. The first-order valence-electron chi connectivity index (χ1n) is 9.11. The molecular formula is C19H19N5O3S2. The number of amides is 1. The number of aryl methyl sites for hydroxylation is 2. The lowest BCUT2D eigenvalue weighted by Crippen LogP contribution is -2.16. The van der Waals surface area contributed by atoms with Crippen LogP contribution < -0.4 is 5.32 Å². The molecule has 10 heteroatoms. The van der Waals surface area contributed by atoms with Gasteiger partial charge in [-0.3, -0.25) is 19.5 Å². The highest BCUT2D eigenvalue weighted by atomic mass is 32.2. The topological polar surface area (TPSA) is 103 Å². The van der Waals surface area contributed by atoms with E-state index in [0.29, 0.717) is 11.2 Å². The standard InChI is InChI=1S/C19H19N5O3S2/c1-11-8-14(15(24(26)27)9-12(11)2)20-17(25)10-29-19-22-21-18(16-4-3-7-28-16)23(19)13-5-6-13/h3-4,7-9,13H,5-6,10H2,1-2H3,(H,20,25). The van der Waals surface area contributed by atoms with Gasteiger partial charge in [-0.25, -0.2) is 0 Å². The number of aromatic nitrogens is 3. The van der Waals surface area contributed by atoms with Crippen LogP contribution in [0, 0.1) is 24.0 Å². The number of hydrogen-bond acceptors (Lipinski definition) is 7. The lowest BCUT2D eigenvalue weighted by Gasteiger charge is -2.10. The lowest BCUT2D eigenvalue weighted by molar-refractivity contribution is -0.384. The van der Waals surface area contributed by atoms with E-state index in [-0.39, 0.29) is 23.0 Å². The molecular weight excluding hydrogens is 410 g/mol. The molecule has 2 heterocycles. The average Bonchev–Trinajstić information content (AvgIpc) is 3.20. The van der Waals surface area contributed by atoms with Crippen molar-refractivity contribution >= 4 is 40.4 Å². The summed E-state index contributed by atoms with van der Waals surface area (Å²) in [5.74, 6) is 0.610. The Kier molecular flexibility index (Phi) is 5.37. The van der Waals surface area contributed by atoms with Gasteiger partial charge >= 0.3 is 0 Å². The van der Waals surface area contributed by atoms with Gasteiger partial charge in [0.1, 0.15) is 5.69 Å². The summed E-state index contributed by atoms with van der Waals surface area (Å²) in [4.78, 5) is 24.4. The SMILES string of the molecule is Cc1cc(NC(=O)CSc2nnc(-c3cccs3)n2C2CC2)c([N+](=O)[O-])cc1C. The van der Waals surface area contributed by atoms with E-state index >= 15 is 0 Å². The molecule has 150 valence electrons. The number of nitro benzene ring substituents is 1. The number of nitrogens with one attached hydrogen (secondary N) is 1. The fourth-order valence-electron chi connectivity index (χ4n) is 2.98. The number of carbonyl (C=O) groups is 1. The first kappa shape index (κ1) is 19.6. The van der Waals surface area contributed by atoms with Crippen molar-refractivity contribution in [2.45, 2.75) is 37.9 Å². The highest BCUT2D eigenvalue weighted by molar-refractivity contribution is 7.99. The Hall–Kier alpha value is -2.72. The molecule has 1 saturated carbocycles. The minimum Gasteiger partial charge on any atom is -0.320 e. The van der Waals surface area contributed by atoms with E-state index in [9.17, 15) is 14.9 Å². The van der Waals surface area contributed by atoms with Crippen LogP contribution in [-0.4, -0.2) is 31.3 Å².